The van der Waals surface area contributed by atoms with Crippen molar-refractivity contribution in [1.82, 2.24) is 0 Å². The lowest BCUT2D eigenvalue weighted by molar-refractivity contribution is 0.337. The van der Waals surface area contributed by atoms with E-state index in [-0.39, 0.29) is 5.38 Å². The molecule has 0 aliphatic heterocycles. The van der Waals surface area contributed by atoms with E-state index < -0.39 is 0 Å². The SMILES string of the molecule is CCOc1ccc(C)cc1C(Cl)c1ccccc1C. The zero-order chi connectivity index (χ0) is 13.8. The monoisotopic (exact) mass is 274 g/mol. The lowest BCUT2D eigenvalue weighted by Gasteiger charge is -2.17. The van der Waals surface area contributed by atoms with Crippen molar-refractivity contribution in [1.29, 1.82) is 0 Å². The molecular weight excluding hydrogens is 256 g/mol. The van der Waals surface area contributed by atoms with Crippen LogP contribution in [-0.2, 0) is 0 Å². The summed E-state index contributed by atoms with van der Waals surface area (Å²) in [6.45, 7) is 6.79. The van der Waals surface area contributed by atoms with Gasteiger partial charge in [0.05, 0.1) is 12.0 Å². The molecule has 2 aromatic carbocycles. The molecule has 0 aliphatic rings. The number of ether oxygens (including phenoxy) is 1. The highest BCUT2D eigenvalue weighted by atomic mass is 35.5. The van der Waals surface area contributed by atoms with E-state index in [1.54, 1.807) is 0 Å². The van der Waals surface area contributed by atoms with Crippen LogP contribution >= 0.6 is 11.6 Å². The summed E-state index contributed by atoms with van der Waals surface area (Å²) in [5, 5.41) is -0.178. The number of halogens is 1. The van der Waals surface area contributed by atoms with Gasteiger partial charge < -0.3 is 4.74 Å². The minimum absolute atomic E-state index is 0.178. The molecule has 19 heavy (non-hydrogen) atoms. The van der Waals surface area contributed by atoms with Crippen LogP contribution in [0.2, 0.25) is 0 Å². The van der Waals surface area contributed by atoms with E-state index >= 15 is 0 Å². The van der Waals surface area contributed by atoms with Crippen LogP contribution < -0.4 is 4.74 Å². The predicted octanol–water partition coefficient (Wildman–Crippen LogP) is 5.03. The highest BCUT2D eigenvalue weighted by molar-refractivity contribution is 6.23. The van der Waals surface area contributed by atoms with Gasteiger partial charge in [-0.25, -0.2) is 0 Å². The van der Waals surface area contributed by atoms with Crippen LogP contribution in [0.15, 0.2) is 42.5 Å². The summed E-state index contributed by atoms with van der Waals surface area (Å²) >= 11 is 6.67. The van der Waals surface area contributed by atoms with Crippen molar-refractivity contribution in [2.45, 2.75) is 26.1 Å². The number of benzene rings is 2. The molecule has 0 N–H and O–H groups in total. The van der Waals surface area contributed by atoms with Gasteiger partial charge in [-0.1, -0.05) is 42.0 Å². The molecule has 0 amide bonds. The molecule has 0 bridgehead atoms. The molecule has 0 saturated carbocycles. The summed E-state index contributed by atoms with van der Waals surface area (Å²) in [5.41, 5.74) is 4.57. The average Bonchev–Trinajstić information content (AvgIpc) is 2.41. The van der Waals surface area contributed by atoms with E-state index in [0.717, 1.165) is 16.9 Å². The second-order valence-electron chi connectivity index (χ2n) is 4.69. The van der Waals surface area contributed by atoms with Gasteiger partial charge in [-0.2, -0.15) is 0 Å². The number of aryl methyl sites for hydroxylation is 2. The Morgan fingerprint density at radius 3 is 2.47 bits per heavy atom. The predicted molar refractivity (Wildman–Crippen MR) is 81.2 cm³/mol. The first kappa shape index (κ1) is 14.0. The number of rotatable bonds is 4. The summed E-state index contributed by atoms with van der Waals surface area (Å²) in [6.07, 6.45) is 0. The lowest BCUT2D eigenvalue weighted by Crippen LogP contribution is -2.02. The van der Waals surface area contributed by atoms with Crippen LogP contribution in [0.5, 0.6) is 5.75 Å². The maximum absolute atomic E-state index is 6.67. The molecule has 0 aromatic heterocycles. The Kier molecular flexibility index (Phi) is 4.49. The minimum Gasteiger partial charge on any atom is -0.494 e. The Hall–Kier alpha value is -1.47. The molecule has 2 aromatic rings. The summed E-state index contributed by atoms with van der Waals surface area (Å²) in [6, 6.07) is 14.4. The van der Waals surface area contributed by atoms with Crippen molar-refractivity contribution in [2.75, 3.05) is 6.61 Å². The van der Waals surface area contributed by atoms with Gasteiger partial charge in [-0.05, 0) is 38.0 Å². The maximum Gasteiger partial charge on any atom is 0.124 e. The van der Waals surface area contributed by atoms with Crippen LogP contribution in [0, 0.1) is 13.8 Å². The molecule has 0 heterocycles. The molecular formula is C17H19ClO. The topological polar surface area (TPSA) is 9.23 Å². The largest absolute Gasteiger partial charge is 0.494 e. The standard InChI is InChI=1S/C17H19ClO/c1-4-19-16-10-9-12(2)11-15(16)17(18)14-8-6-5-7-13(14)3/h5-11,17H,4H2,1-3H3. The fourth-order valence-electron chi connectivity index (χ4n) is 2.19. The molecule has 0 fully saturated rings. The van der Waals surface area contributed by atoms with E-state index in [0.29, 0.717) is 6.61 Å². The fraction of sp³-hybridized carbons (Fsp3) is 0.294. The Morgan fingerprint density at radius 1 is 1.05 bits per heavy atom. The summed E-state index contributed by atoms with van der Waals surface area (Å²) in [4.78, 5) is 0. The minimum atomic E-state index is -0.178. The summed E-state index contributed by atoms with van der Waals surface area (Å²) in [7, 11) is 0. The second kappa shape index (κ2) is 6.12. The van der Waals surface area contributed by atoms with Crippen molar-refractivity contribution >= 4 is 11.6 Å². The molecule has 2 rings (SSSR count). The molecule has 0 spiro atoms. The third-order valence-corrected chi connectivity index (χ3v) is 3.67. The molecule has 0 aliphatic carbocycles. The first-order chi connectivity index (χ1) is 9.13. The normalized spacial score (nSPS) is 12.2. The van der Waals surface area contributed by atoms with E-state index in [4.69, 9.17) is 16.3 Å². The van der Waals surface area contributed by atoms with Crippen LogP contribution in [0.1, 0.15) is 34.6 Å². The van der Waals surface area contributed by atoms with Crippen molar-refractivity contribution in [2.24, 2.45) is 0 Å². The van der Waals surface area contributed by atoms with Gasteiger partial charge in [0, 0.05) is 5.56 Å². The molecule has 2 heteroatoms. The van der Waals surface area contributed by atoms with E-state index in [2.05, 4.69) is 38.1 Å². The number of hydrogen-bond acceptors (Lipinski definition) is 1. The van der Waals surface area contributed by atoms with Crippen LogP contribution in [0.4, 0.5) is 0 Å². The quantitative estimate of drug-likeness (QED) is 0.711. The molecule has 1 atom stereocenters. The second-order valence-corrected chi connectivity index (χ2v) is 5.13. The summed E-state index contributed by atoms with van der Waals surface area (Å²) < 4.78 is 5.69. The lowest BCUT2D eigenvalue weighted by atomic mass is 9.98. The van der Waals surface area contributed by atoms with Crippen molar-refractivity contribution < 1.29 is 4.74 Å². The van der Waals surface area contributed by atoms with Gasteiger partial charge >= 0.3 is 0 Å². The molecule has 1 unspecified atom stereocenters. The Bertz CT molecular complexity index is 563. The average molecular weight is 275 g/mol. The highest BCUT2D eigenvalue weighted by Gasteiger charge is 2.17. The van der Waals surface area contributed by atoms with Crippen molar-refractivity contribution in [3.05, 3.63) is 64.7 Å². The van der Waals surface area contributed by atoms with Gasteiger partial charge in [-0.3, -0.25) is 0 Å². The van der Waals surface area contributed by atoms with E-state index in [9.17, 15) is 0 Å². The highest BCUT2D eigenvalue weighted by Crippen LogP contribution is 2.37. The van der Waals surface area contributed by atoms with Crippen LogP contribution in [-0.4, -0.2) is 6.61 Å². The molecule has 100 valence electrons. The maximum atomic E-state index is 6.67. The third-order valence-electron chi connectivity index (χ3n) is 3.20. The van der Waals surface area contributed by atoms with Crippen molar-refractivity contribution in [3.8, 4) is 5.75 Å². The fourth-order valence-corrected chi connectivity index (χ4v) is 2.61. The van der Waals surface area contributed by atoms with E-state index in [1.807, 2.05) is 25.1 Å². The zero-order valence-electron chi connectivity index (χ0n) is 11.6. The third kappa shape index (κ3) is 3.10. The molecule has 0 radical (unpaired) electrons. The first-order valence-electron chi connectivity index (χ1n) is 6.56. The zero-order valence-corrected chi connectivity index (χ0v) is 12.4. The van der Waals surface area contributed by atoms with Crippen LogP contribution in [0.3, 0.4) is 0 Å². The smallest absolute Gasteiger partial charge is 0.124 e. The van der Waals surface area contributed by atoms with Gasteiger partial charge in [-0.15, -0.1) is 11.6 Å². The Balaban J connectivity index is 2.45. The first-order valence-corrected chi connectivity index (χ1v) is 7.00. The number of hydrogen-bond donors (Lipinski definition) is 0. The Labute approximate surface area is 120 Å². The van der Waals surface area contributed by atoms with Crippen LogP contribution in [0.25, 0.3) is 0 Å². The molecule has 0 saturated heterocycles. The van der Waals surface area contributed by atoms with Gasteiger partial charge in [0.25, 0.3) is 0 Å². The van der Waals surface area contributed by atoms with Gasteiger partial charge in [0.1, 0.15) is 5.75 Å². The summed E-state index contributed by atoms with van der Waals surface area (Å²) in [5.74, 6) is 0.872. The van der Waals surface area contributed by atoms with Gasteiger partial charge in [0.15, 0.2) is 0 Å². The Morgan fingerprint density at radius 2 is 1.79 bits per heavy atom. The van der Waals surface area contributed by atoms with Crippen molar-refractivity contribution in [3.63, 3.8) is 0 Å². The molecule has 1 nitrogen and oxygen atoms in total. The van der Waals surface area contributed by atoms with E-state index in [1.165, 1.54) is 11.1 Å². The number of alkyl halides is 1. The van der Waals surface area contributed by atoms with Gasteiger partial charge in [0.2, 0.25) is 0 Å².